The summed E-state index contributed by atoms with van der Waals surface area (Å²) in [7, 11) is 1.29. The van der Waals surface area contributed by atoms with Crippen molar-refractivity contribution < 1.29 is 18.7 Å². The third-order valence-corrected chi connectivity index (χ3v) is 3.64. The highest BCUT2D eigenvalue weighted by Crippen LogP contribution is 2.40. The standard InChI is InChI=1S/C15H16FNO3/c1-9(18)12-8-17-15(2,14(19)20-3)13(12)10-4-6-11(16)7-5-10/h4-8,13,17H,1-3H3/t13-,15+/m1/s1. The van der Waals surface area contributed by atoms with E-state index in [1.807, 2.05) is 0 Å². The molecule has 1 aromatic rings. The molecular formula is C15H16FNO3. The van der Waals surface area contributed by atoms with Crippen LogP contribution in [0.25, 0.3) is 0 Å². The van der Waals surface area contributed by atoms with E-state index in [0.717, 1.165) is 0 Å². The summed E-state index contributed by atoms with van der Waals surface area (Å²) in [6.45, 7) is 3.10. The molecule has 0 saturated carbocycles. The lowest BCUT2D eigenvalue weighted by Crippen LogP contribution is -2.49. The van der Waals surface area contributed by atoms with Crippen LogP contribution >= 0.6 is 0 Å². The summed E-state index contributed by atoms with van der Waals surface area (Å²) in [4.78, 5) is 23.8. The third kappa shape index (κ3) is 2.19. The van der Waals surface area contributed by atoms with Crippen molar-refractivity contribution in [3.05, 3.63) is 47.4 Å². The molecule has 20 heavy (non-hydrogen) atoms. The summed E-state index contributed by atoms with van der Waals surface area (Å²) in [5.74, 6) is -1.49. The maximum absolute atomic E-state index is 13.1. The Bertz CT molecular complexity index is 579. The summed E-state index contributed by atoms with van der Waals surface area (Å²) in [5, 5.41) is 2.93. The van der Waals surface area contributed by atoms with Crippen molar-refractivity contribution >= 4 is 11.8 Å². The predicted molar refractivity (Wildman–Crippen MR) is 71.5 cm³/mol. The molecule has 1 aliphatic heterocycles. The molecule has 0 amide bonds. The Morgan fingerprint density at radius 3 is 2.40 bits per heavy atom. The van der Waals surface area contributed by atoms with Crippen molar-refractivity contribution in [1.29, 1.82) is 0 Å². The van der Waals surface area contributed by atoms with Crippen molar-refractivity contribution in [3.63, 3.8) is 0 Å². The summed E-state index contributed by atoms with van der Waals surface area (Å²) in [6.07, 6.45) is 1.53. The fourth-order valence-corrected chi connectivity index (χ4v) is 2.57. The first-order valence-corrected chi connectivity index (χ1v) is 6.22. The Morgan fingerprint density at radius 1 is 1.30 bits per heavy atom. The first-order valence-electron chi connectivity index (χ1n) is 6.22. The van der Waals surface area contributed by atoms with Crippen LogP contribution in [-0.2, 0) is 14.3 Å². The van der Waals surface area contributed by atoms with Gasteiger partial charge in [-0.1, -0.05) is 12.1 Å². The topological polar surface area (TPSA) is 55.4 Å². The van der Waals surface area contributed by atoms with Crippen molar-refractivity contribution in [3.8, 4) is 0 Å². The average Bonchev–Trinajstić information content (AvgIpc) is 2.78. The molecule has 0 fully saturated rings. The van der Waals surface area contributed by atoms with E-state index in [4.69, 9.17) is 4.74 Å². The van der Waals surface area contributed by atoms with E-state index in [1.165, 1.54) is 32.4 Å². The van der Waals surface area contributed by atoms with E-state index in [0.29, 0.717) is 11.1 Å². The number of esters is 1. The van der Waals surface area contributed by atoms with Crippen molar-refractivity contribution in [2.75, 3.05) is 7.11 Å². The molecule has 0 aromatic heterocycles. The van der Waals surface area contributed by atoms with Gasteiger partial charge in [-0.25, -0.2) is 9.18 Å². The smallest absolute Gasteiger partial charge is 0.332 e. The predicted octanol–water partition coefficient (Wildman–Crippen LogP) is 1.92. The fourth-order valence-electron chi connectivity index (χ4n) is 2.57. The van der Waals surface area contributed by atoms with Gasteiger partial charge < -0.3 is 10.1 Å². The Morgan fingerprint density at radius 2 is 1.90 bits per heavy atom. The molecule has 0 aliphatic carbocycles. The number of halogens is 1. The van der Waals surface area contributed by atoms with E-state index in [1.54, 1.807) is 19.1 Å². The Hall–Kier alpha value is -2.17. The highest BCUT2D eigenvalue weighted by Gasteiger charge is 2.49. The molecule has 5 heteroatoms. The molecule has 1 N–H and O–H groups in total. The number of Topliss-reactive ketones (excluding diaryl/α,β-unsaturated/α-hetero) is 1. The van der Waals surface area contributed by atoms with Crippen LogP contribution in [0.2, 0.25) is 0 Å². The number of carbonyl (C=O) groups excluding carboxylic acids is 2. The van der Waals surface area contributed by atoms with Gasteiger partial charge in [0.25, 0.3) is 0 Å². The lowest BCUT2D eigenvalue weighted by Gasteiger charge is -2.30. The maximum atomic E-state index is 13.1. The van der Waals surface area contributed by atoms with Gasteiger partial charge in [-0.15, -0.1) is 0 Å². The molecule has 2 rings (SSSR count). The highest BCUT2D eigenvalue weighted by molar-refractivity contribution is 5.98. The summed E-state index contributed by atoms with van der Waals surface area (Å²) in [5.41, 5.74) is 0.0865. The van der Waals surface area contributed by atoms with Crippen molar-refractivity contribution in [2.45, 2.75) is 25.3 Å². The van der Waals surface area contributed by atoms with Gasteiger partial charge in [0.1, 0.15) is 11.4 Å². The van der Waals surface area contributed by atoms with E-state index >= 15 is 0 Å². The molecule has 1 heterocycles. The van der Waals surface area contributed by atoms with Gasteiger partial charge in [-0.3, -0.25) is 4.79 Å². The average molecular weight is 277 g/mol. The molecule has 0 radical (unpaired) electrons. The van der Waals surface area contributed by atoms with Gasteiger partial charge in [0.15, 0.2) is 5.78 Å². The Balaban J connectivity index is 2.50. The van der Waals surface area contributed by atoms with Gasteiger partial charge in [0.05, 0.1) is 7.11 Å². The van der Waals surface area contributed by atoms with Crippen LogP contribution in [0.5, 0.6) is 0 Å². The number of benzene rings is 1. The number of nitrogens with one attached hydrogen (secondary N) is 1. The second-order valence-corrected chi connectivity index (χ2v) is 4.98. The Labute approximate surface area is 116 Å². The first kappa shape index (κ1) is 14.2. The minimum absolute atomic E-state index is 0.139. The van der Waals surface area contributed by atoms with E-state index in [9.17, 15) is 14.0 Å². The van der Waals surface area contributed by atoms with E-state index < -0.39 is 17.4 Å². The van der Waals surface area contributed by atoms with Crippen LogP contribution in [0.4, 0.5) is 4.39 Å². The van der Waals surface area contributed by atoms with Crippen molar-refractivity contribution in [2.24, 2.45) is 0 Å². The number of rotatable bonds is 3. The zero-order valence-corrected chi connectivity index (χ0v) is 11.6. The molecule has 106 valence electrons. The van der Waals surface area contributed by atoms with Gasteiger partial charge in [0, 0.05) is 17.7 Å². The summed E-state index contributed by atoms with van der Waals surface area (Å²) < 4.78 is 17.9. The normalized spacial score (nSPS) is 24.8. The number of hydrogen-bond acceptors (Lipinski definition) is 4. The number of methoxy groups -OCH3 is 1. The zero-order valence-electron chi connectivity index (χ0n) is 11.6. The number of ether oxygens (including phenoxy) is 1. The number of carbonyl (C=O) groups is 2. The Kier molecular flexibility index (Phi) is 3.61. The molecule has 4 nitrogen and oxygen atoms in total. The molecule has 0 bridgehead atoms. The lowest BCUT2D eigenvalue weighted by atomic mass is 9.77. The monoisotopic (exact) mass is 277 g/mol. The third-order valence-electron chi connectivity index (χ3n) is 3.64. The fraction of sp³-hybridized carbons (Fsp3) is 0.333. The minimum Gasteiger partial charge on any atom is -0.467 e. The van der Waals surface area contributed by atoms with Gasteiger partial charge in [0.2, 0.25) is 0 Å². The minimum atomic E-state index is -1.08. The second kappa shape index (κ2) is 5.07. The zero-order chi connectivity index (χ0) is 14.9. The second-order valence-electron chi connectivity index (χ2n) is 4.98. The molecular weight excluding hydrogens is 261 g/mol. The molecule has 0 unspecified atom stereocenters. The number of ketones is 1. The maximum Gasteiger partial charge on any atom is 0.332 e. The van der Waals surface area contributed by atoms with Gasteiger partial charge in [-0.05, 0) is 31.5 Å². The molecule has 0 saturated heterocycles. The van der Waals surface area contributed by atoms with Crippen LogP contribution in [0.3, 0.4) is 0 Å². The van der Waals surface area contributed by atoms with Crippen LogP contribution in [0, 0.1) is 5.82 Å². The molecule has 0 spiro atoms. The van der Waals surface area contributed by atoms with Crippen LogP contribution in [0.15, 0.2) is 36.0 Å². The highest BCUT2D eigenvalue weighted by atomic mass is 19.1. The SMILES string of the molecule is COC(=O)[C@@]1(C)NC=C(C(C)=O)[C@H]1c1ccc(F)cc1. The molecule has 2 atom stereocenters. The quantitative estimate of drug-likeness (QED) is 0.858. The van der Waals surface area contributed by atoms with E-state index in [2.05, 4.69) is 5.32 Å². The van der Waals surface area contributed by atoms with Gasteiger partial charge >= 0.3 is 5.97 Å². The summed E-state index contributed by atoms with van der Waals surface area (Å²) >= 11 is 0. The van der Waals surface area contributed by atoms with Gasteiger partial charge in [-0.2, -0.15) is 0 Å². The van der Waals surface area contributed by atoms with Crippen LogP contribution in [-0.4, -0.2) is 24.4 Å². The van der Waals surface area contributed by atoms with Crippen LogP contribution < -0.4 is 5.32 Å². The molecule has 1 aromatic carbocycles. The molecule has 1 aliphatic rings. The lowest BCUT2D eigenvalue weighted by molar-refractivity contribution is -0.147. The van der Waals surface area contributed by atoms with Crippen molar-refractivity contribution in [1.82, 2.24) is 5.32 Å². The first-order chi connectivity index (χ1) is 9.40. The number of hydrogen-bond donors (Lipinski definition) is 1. The van der Waals surface area contributed by atoms with Crippen LogP contribution in [0.1, 0.15) is 25.3 Å². The summed E-state index contributed by atoms with van der Waals surface area (Å²) in [6, 6.07) is 5.77. The largest absolute Gasteiger partial charge is 0.467 e. The van der Waals surface area contributed by atoms with E-state index in [-0.39, 0.29) is 11.6 Å².